The maximum absolute atomic E-state index is 13.3. The fourth-order valence-corrected chi connectivity index (χ4v) is 1.62. The van der Waals surface area contributed by atoms with Crippen molar-refractivity contribution >= 4 is 11.6 Å². The zero-order valence-electron chi connectivity index (χ0n) is 12.2. The third-order valence-electron chi connectivity index (χ3n) is 2.59. The quantitative estimate of drug-likeness (QED) is 0.929. The monoisotopic (exact) mass is 309 g/mol. The summed E-state index contributed by atoms with van der Waals surface area (Å²) >= 11 is 5.61. The van der Waals surface area contributed by atoms with Gasteiger partial charge in [-0.3, -0.25) is 4.98 Å². The zero-order chi connectivity index (χ0) is 15.5. The summed E-state index contributed by atoms with van der Waals surface area (Å²) in [6.07, 6.45) is 3.13. The smallest absolute Gasteiger partial charge is 0.237 e. The highest BCUT2D eigenvalue weighted by molar-refractivity contribution is 6.30. The highest BCUT2D eigenvalue weighted by Crippen LogP contribution is 2.23. The first kappa shape index (κ1) is 15.7. The molecule has 0 fully saturated rings. The summed E-state index contributed by atoms with van der Waals surface area (Å²) in [5, 5.41) is 3.37. The second-order valence-corrected chi connectivity index (χ2v) is 6.03. The molecule has 0 atom stereocenters. The van der Waals surface area contributed by atoms with Crippen molar-refractivity contribution in [2.75, 3.05) is 0 Å². The van der Waals surface area contributed by atoms with Gasteiger partial charge in [-0.1, -0.05) is 11.6 Å². The van der Waals surface area contributed by atoms with Gasteiger partial charge in [-0.25, -0.2) is 9.37 Å². The summed E-state index contributed by atoms with van der Waals surface area (Å²) in [4.78, 5) is 8.39. The lowest BCUT2D eigenvalue weighted by molar-refractivity contribution is 0.418. The van der Waals surface area contributed by atoms with Crippen LogP contribution in [0.4, 0.5) is 4.39 Å². The number of halogens is 2. The van der Waals surface area contributed by atoms with Crippen LogP contribution in [-0.2, 0) is 6.54 Å². The number of rotatable bonds is 4. The Kier molecular flexibility index (Phi) is 4.75. The maximum Gasteiger partial charge on any atom is 0.237 e. The predicted molar refractivity (Wildman–Crippen MR) is 80.1 cm³/mol. The molecular weight excluding hydrogens is 293 g/mol. The van der Waals surface area contributed by atoms with E-state index < -0.39 is 5.82 Å². The first-order chi connectivity index (χ1) is 9.83. The van der Waals surface area contributed by atoms with Crippen LogP contribution >= 0.6 is 11.6 Å². The van der Waals surface area contributed by atoms with E-state index in [1.807, 2.05) is 0 Å². The van der Waals surface area contributed by atoms with Gasteiger partial charge in [0.2, 0.25) is 5.88 Å². The van der Waals surface area contributed by atoms with Crippen LogP contribution in [0.15, 0.2) is 30.6 Å². The van der Waals surface area contributed by atoms with Crippen molar-refractivity contribution in [2.24, 2.45) is 0 Å². The summed E-state index contributed by atoms with van der Waals surface area (Å²) in [6, 6.07) is 4.21. The number of ether oxygens (including phenoxy) is 1. The Morgan fingerprint density at radius 1 is 1.24 bits per heavy atom. The van der Waals surface area contributed by atoms with Crippen LogP contribution in [0.2, 0.25) is 5.02 Å². The Labute approximate surface area is 128 Å². The first-order valence-corrected chi connectivity index (χ1v) is 6.90. The molecule has 21 heavy (non-hydrogen) atoms. The third-order valence-corrected chi connectivity index (χ3v) is 2.90. The van der Waals surface area contributed by atoms with E-state index in [0.717, 1.165) is 5.69 Å². The molecule has 4 nitrogen and oxygen atoms in total. The predicted octanol–water partition coefficient (Wildman–Crippen LogP) is 3.95. The Morgan fingerprint density at radius 2 is 2.00 bits per heavy atom. The molecule has 2 aromatic rings. The second kappa shape index (κ2) is 6.37. The SMILES string of the molecule is CC(C)(C)NCc1cnc(Oc2ccc(Cl)c(F)c2)cn1. The normalized spacial score (nSPS) is 11.5. The first-order valence-electron chi connectivity index (χ1n) is 6.52. The summed E-state index contributed by atoms with van der Waals surface area (Å²) in [5.74, 6) is 0.0936. The van der Waals surface area contributed by atoms with Gasteiger partial charge in [-0.2, -0.15) is 0 Å². The minimum absolute atomic E-state index is 0.0116. The lowest BCUT2D eigenvalue weighted by Crippen LogP contribution is -2.35. The molecule has 0 bridgehead atoms. The largest absolute Gasteiger partial charge is 0.437 e. The Hall–Kier alpha value is -1.72. The topological polar surface area (TPSA) is 47.0 Å². The third kappa shape index (κ3) is 4.95. The number of benzene rings is 1. The zero-order valence-corrected chi connectivity index (χ0v) is 12.9. The Balaban J connectivity index is 2.00. The molecule has 0 saturated heterocycles. The number of nitrogens with one attached hydrogen (secondary N) is 1. The van der Waals surface area contributed by atoms with Crippen molar-refractivity contribution in [3.8, 4) is 11.6 Å². The number of hydrogen-bond donors (Lipinski definition) is 1. The molecule has 1 N–H and O–H groups in total. The van der Waals surface area contributed by atoms with Gasteiger partial charge in [0.05, 0.1) is 23.1 Å². The molecule has 0 aliphatic rings. The number of nitrogens with zero attached hydrogens (tertiary/aromatic N) is 2. The molecule has 0 saturated carbocycles. The molecule has 0 aliphatic carbocycles. The lowest BCUT2D eigenvalue weighted by atomic mass is 10.1. The molecule has 0 unspecified atom stereocenters. The minimum atomic E-state index is -0.534. The molecule has 1 heterocycles. The van der Waals surface area contributed by atoms with Crippen molar-refractivity contribution in [3.63, 3.8) is 0 Å². The molecule has 2 rings (SSSR count). The molecule has 0 aliphatic heterocycles. The van der Waals surface area contributed by atoms with E-state index in [9.17, 15) is 4.39 Å². The van der Waals surface area contributed by atoms with E-state index in [2.05, 4.69) is 36.1 Å². The molecule has 1 aromatic heterocycles. The minimum Gasteiger partial charge on any atom is -0.437 e. The molecule has 6 heteroatoms. The van der Waals surface area contributed by atoms with Gasteiger partial charge < -0.3 is 10.1 Å². The second-order valence-electron chi connectivity index (χ2n) is 5.63. The molecule has 0 spiro atoms. The van der Waals surface area contributed by atoms with E-state index in [-0.39, 0.29) is 10.6 Å². The fraction of sp³-hybridized carbons (Fsp3) is 0.333. The average Bonchev–Trinajstić information content (AvgIpc) is 2.41. The van der Waals surface area contributed by atoms with Gasteiger partial charge in [-0.15, -0.1) is 0 Å². The van der Waals surface area contributed by atoms with Crippen molar-refractivity contribution in [1.29, 1.82) is 0 Å². The van der Waals surface area contributed by atoms with Gasteiger partial charge in [-0.05, 0) is 32.9 Å². The highest BCUT2D eigenvalue weighted by atomic mass is 35.5. The van der Waals surface area contributed by atoms with Crippen LogP contribution < -0.4 is 10.1 Å². The van der Waals surface area contributed by atoms with E-state index in [0.29, 0.717) is 18.2 Å². The van der Waals surface area contributed by atoms with Crippen LogP contribution in [0.25, 0.3) is 0 Å². The Morgan fingerprint density at radius 3 is 2.57 bits per heavy atom. The number of aromatic nitrogens is 2. The van der Waals surface area contributed by atoms with Crippen LogP contribution in [0, 0.1) is 5.82 Å². The van der Waals surface area contributed by atoms with Gasteiger partial charge in [0.25, 0.3) is 0 Å². The van der Waals surface area contributed by atoms with Gasteiger partial charge in [0, 0.05) is 18.2 Å². The molecular formula is C15H17ClFN3O. The van der Waals surface area contributed by atoms with Crippen molar-refractivity contribution in [3.05, 3.63) is 47.1 Å². The summed E-state index contributed by atoms with van der Waals surface area (Å²) < 4.78 is 18.7. The van der Waals surface area contributed by atoms with E-state index in [4.69, 9.17) is 16.3 Å². The van der Waals surface area contributed by atoms with Crippen molar-refractivity contribution in [1.82, 2.24) is 15.3 Å². The van der Waals surface area contributed by atoms with Crippen molar-refractivity contribution < 1.29 is 9.13 Å². The van der Waals surface area contributed by atoms with Crippen LogP contribution in [-0.4, -0.2) is 15.5 Å². The Bertz CT molecular complexity index is 611. The van der Waals surface area contributed by atoms with Crippen LogP contribution in [0.1, 0.15) is 26.5 Å². The van der Waals surface area contributed by atoms with Crippen LogP contribution in [0.3, 0.4) is 0 Å². The van der Waals surface area contributed by atoms with E-state index >= 15 is 0 Å². The molecule has 1 aromatic carbocycles. The summed E-state index contributed by atoms with van der Waals surface area (Å²) in [6.45, 7) is 6.85. The molecule has 112 valence electrons. The summed E-state index contributed by atoms with van der Waals surface area (Å²) in [5.41, 5.74) is 0.817. The average molecular weight is 310 g/mol. The standard InChI is InChI=1S/C15H17ClFN3O/c1-15(2,3)20-8-10-7-19-14(9-18-10)21-11-4-5-12(16)13(17)6-11/h4-7,9,20H,8H2,1-3H3. The number of hydrogen-bond acceptors (Lipinski definition) is 4. The fourth-order valence-electron chi connectivity index (χ4n) is 1.50. The maximum atomic E-state index is 13.3. The van der Waals surface area contributed by atoms with Crippen LogP contribution in [0.5, 0.6) is 11.6 Å². The lowest BCUT2D eigenvalue weighted by Gasteiger charge is -2.19. The van der Waals surface area contributed by atoms with Gasteiger partial charge in [0.15, 0.2) is 0 Å². The molecule has 0 radical (unpaired) electrons. The summed E-state index contributed by atoms with van der Waals surface area (Å²) in [7, 11) is 0. The van der Waals surface area contributed by atoms with E-state index in [1.54, 1.807) is 12.3 Å². The molecule has 0 amide bonds. The van der Waals surface area contributed by atoms with Gasteiger partial charge >= 0.3 is 0 Å². The highest BCUT2D eigenvalue weighted by Gasteiger charge is 2.09. The van der Waals surface area contributed by atoms with Crippen molar-refractivity contribution in [2.45, 2.75) is 32.9 Å². The van der Waals surface area contributed by atoms with E-state index in [1.165, 1.54) is 18.3 Å². The van der Waals surface area contributed by atoms with Gasteiger partial charge in [0.1, 0.15) is 11.6 Å².